The summed E-state index contributed by atoms with van der Waals surface area (Å²) in [6.45, 7) is 8.49. The molecule has 0 aromatic carbocycles. The lowest BCUT2D eigenvalue weighted by Crippen LogP contribution is -2.41. The van der Waals surface area contributed by atoms with Crippen LogP contribution in [-0.4, -0.2) is 30.1 Å². The molecule has 118 valence electrons. The SMILES string of the molecule is C=CCC1(CNC(=O)O)CCCC(OCC(C)C)=CC1=O. The Morgan fingerprint density at radius 2 is 2.33 bits per heavy atom. The topological polar surface area (TPSA) is 75.6 Å². The lowest BCUT2D eigenvalue weighted by atomic mass is 9.76. The molecule has 0 fully saturated rings. The molecule has 0 aromatic rings. The zero-order valence-corrected chi connectivity index (χ0v) is 12.9. The molecule has 21 heavy (non-hydrogen) atoms. The number of nitrogens with one attached hydrogen (secondary N) is 1. The van der Waals surface area contributed by atoms with Crippen molar-refractivity contribution < 1.29 is 19.4 Å². The van der Waals surface area contributed by atoms with Gasteiger partial charge < -0.3 is 15.2 Å². The minimum atomic E-state index is -1.12. The first-order valence-electron chi connectivity index (χ1n) is 7.35. The van der Waals surface area contributed by atoms with Gasteiger partial charge in [-0.15, -0.1) is 6.58 Å². The van der Waals surface area contributed by atoms with Gasteiger partial charge >= 0.3 is 6.09 Å². The Morgan fingerprint density at radius 3 is 2.90 bits per heavy atom. The van der Waals surface area contributed by atoms with E-state index in [4.69, 9.17) is 9.84 Å². The monoisotopic (exact) mass is 295 g/mol. The van der Waals surface area contributed by atoms with Crippen molar-refractivity contribution in [1.82, 2.24) is 5.32 Å². The van der Waals surface area contributed by atoms with Crippen molar-refractivity contribution in [2.45, 2.75) is 39.5 Å². The van der Waals surface area contributed by atoms with Crippen LogP contribution in [0.25, 0.3) is 0 Å². The van der Waals surface area contributed by atoms with Gasteiger partial charge in [-0.05, 0) is 25.2 Å². The minimum Gasteiger partial charge on any atom is -0.498 e. The Morgan fingerprint density at radius 1 is 1.62 bits per heavy atom. The van der Waals surface area contributed by atoms with Crippen LogP contribution in [0.4, 0.5) is 4.79 Å². The van der Waals surface area contributed by atoms with Gasteiger partial charge in [0.25, 0.3) is 0 Å². The summed E-state index contributed by atoms with van der Waals surface area (Å²) >= 11 is 0. The fourth-order valence-electron chi connectivity index (χ4n) is 2.45. The highest BCUT2D eigenvalue weighted by molar-refractivity contribution is 5.96. The lowest BCUT2D eigenvalue weighted by Gasteiger charge is -2.29. The molecule has 1 aliphatic rings. The van der Waals surface area contributed by atoms with E-state index >= 15 is 0 Å². The summed E-state index contributed by atoms with van der Waals surface area (Å²) in [5, 5.41) is 11.1. The minimum absolute atomic E-state index is 0.0765. The van der Waals surface area contributed by atoms with Crippen LogP contribution >= 0.6 is 0 Å². The largest absolute Gasteiger partial charge is 0.498 e. The maximum absolute atomic E-state index is 12.6. The van der Waals surface area contributed by atoms with Gasteiger partial charge in [0.15, 0.2) is 5.78 Å². The quantitative estimate of drug-likeness (QED) is 0.708. The average molecular weight is 295 g/mol. The van der Waals surface area contributed by atoms with Crippen LogP contribution in [0.15, 0.2) is 24.5 Å². The van der Waals surface area contributed by atoms with Gasteiger partial charge in [-0.3, -0.25) is 4.79 Å². The highest BCUT2D eigenvalue weighted by Crippen LogP contribution is 2.35. The van der Waals surface area contributed by atoms with Gasteiger partial charge in [0, 0.05) is 19.0 Å². The number of ether oxygens (including phenoxy) is 1. The zero-order chi connectivity index (χ0) is 15.9. The van der Waals surface area contributed by atoms with E-state index in [0.717, 1.165) is 6.42 Å². The van der Waals surface area contributed by atoms with Crippen molar-refractivity contribution in [3.63, 3.8) is 0 Å². The van der Waals surface area contributed by atoms with E-state index in [1.807, 2.05) is 0 Å². The maximum Gasteiger partial charge on any atom is 0.404 e. The van der Waals surface area contributed by atoms with E-state index < -0.39 is 11.5 Å². The molecular weight excluding hydrogens is 270 g/mol. The molecule has 0 heterocycles. The summed E-state index contributed by atoms with van der Waals surface area (Å²) in [7, 11) is 0. The number of allylic oxidation sites excluding steroid dienone is 3. The van der Waals surface area contributed by atoms with Gasteiger partial charge in [-0.25, -0.2) is 4.79 Å². The van der Waals surface area contributed by atoms with E-state index in [9.17, 15) is 9.59 Å². The third kappa shape index (κ3) is 5.25. The molecule has 5 nitrogen and oxygen atoms in total. The van der Waals surface area contributed by atoms with Crippen LogP contribution in [0.2, 0.25) is 0 Å². The Bertz CT molecular complexity index is 428. The highest BCUT2D eigenvalue weighted by atomic mass is 16.5. The molecule has 0 saturated heterocycles. The Labute approximate surface area is 126 Å². The second kappa shape index (κ2) is 7.86. The van der Waals surface area contributed by atoms with E-state index in [1.54, 1.807) is 12.2 Å². The number of hydrogen-bond acceptors (Lipinski definition) is 3. The fourth-order valence-corrected chi connectivity index (χ4v) is 2.45. The van der Waals surface area contributed by atoms with Crippen molar-refractivity contribution in [1.29, 1.82) is 0 Å². The molecule has 0 aliphatic heterocycles. The normalized spacial score (nSPS) is 22.4. The van der Waals surface area contributed by atoms with E-state index in [-0.39, 0.29) is 12.3 Å². The molecule has 0 radical (unpaired) electrons. The molecule has 1 rings (SSSR count). The van der Waals surface area contributed by atoms with Crippen molar-refractivity contribution in [2.24, 2.45) is 11.3 Å². The number of amides is 1. The summed E-state index contributed by atoms with van der Waals surface area (Å²) in [6, 6.07) is 0. The Kier molecular flexibility index (Phi) is 6.46. The average Bonchev–Trinajstić information content (AvgIpc) is 2.55. The van der Waals surface area contributed by atoms with Gasteiger partial charge in [0.05, 0.1) is 17.8 Å². The van der Waals surface area contributed by atoms with E-state index in [2.05, 4.69) is 25.7 Å². The summed E-state index contributed by atoms with van der Waals surface area (Å²) in [5.41, 5.74) is -0.733. The lowest BCUT2D eigenvalue weighted by molar-refractivity contribution is -0.123. The molecule has 0 saturated carbocycles. The van der Waals surface area contributed by atoms with Crippen LogP contribution in [0.1, 0.15) is 39.5 Å². The predicted octanol–water partition coefficient (Wildman–Crippen LogP) is 3.13. The third-order valence-electron chi connectivity index (χ3n) is 3.61. The molecule has 2 N–H and O–H groups in total. The number of hydrogen-bond donors (Lipinski definition) is 2. The maximum atomic E-state index is 12.6. The summed E-state index contributed by atoms with van der Waals surface area (Å²) < 4.78 is 5.67. The van der Waals surface area contributed by atoms with Crippen molar-refractivity contribution >= 4 is 11.9 Å². The van der Waals surface area contributed by atoms with Gasteiger partial charge in [-0.1, -0.05) is 19.9 Å². The number of rotatable bonds is 7. The number of ketones is 1. The summed E-state index contributed by atoms with van der Waals surface area (Å²) in [5.74, 6) is 1.03. The van der Waals surface area contributed by atoms with Crippen LogP contribution < -0.4 is 5.32 Å². The summed E-state index contributed by atoms with van der Waals surface area (Å²) in [6.07, 6.45) is 4.70. The zero-order valence-electron chi connectivity index (χ0n) is 12.9. The molecule has 1 amide bonds. The number of carboxylic acid groups (broad SMARTS) is 1. The van der Waals surface area contributed by atoms with Gasteiger partial charge in [0.1, 0.15) is 0 Å². The molecule has 1 atom stereocenters. The predicted molar refractivity (Wildman–Crippen MR) is 81.0 cm³/mol. The fraction of sp³-hybridized carbons (Fsp3) is 0.625. The molecule has 5 heteroatoms. The van der Waals surface area contributed by atoms with Crippen LogP contribution in [0, 0.1) is 11.3 Å². The van der Waals surface area contributed by atoms with E-state index in [1.165, 1.54) is 0 Å². The smallest absolute Gasteiger partial charge is 0.404 e. The van der Waals surface area contributed by atoms with Crippen molar-refractivity contribution in [3.05, 3.63) is 24.5 Å². The molecule has 0 spiro atoms. The second-order valence-electron chi connectivity index (χ2n) is 5.97. The van der Waals surface area contributed by atoms with Crippen molar-refractivity contribution in [3.8, 4) is 0 Å². The molecule has 1 aliphatic carbocycles. The molecule has 1 unspecified atom stereocenters. The Balaban J connectivity index is 2.86. The second-order valence-corrected chi connectivity index (χ2v) is 5.97. The summed E-state index contributed by atoms with van der Waals surface area (Å²) in [4.78, 5) is 23.3. The Hall–Kier alpha value is -1.78. The molecule has 0 bridgehead atoms. The van der Waals surface area contributed by atoms with E-state index in [0.29, 0.717) is 37.5 Å². The first kappa shape index (κ1) is 17.3. The highest BCUT2D eigenvalue weighted by Gasteiger charge is 2.37. The standard InChI is InChI=1S/C16H25NO4/c1-4-7-16(11-17-15(19)20)8-5-6-13(9-14(16)18)21-10-12(2)3/h4,9,12,17H,1,5-8,10-11H2,2-3H3,(H,19,20). The van der Waals surface area contributed by atoms with Crippen LogP contribution in [-0.2, 0) is 9.53 Å². The molecule has 0 aromatic heterocycles. The molecular formula is C16H25NO4. The first-order chi connectivity index (χ1) is 9.89. The van der Waals surface area contributed by atoms with Gasteiger partial charge in [0.2, 0.25) is 0 Å². The van der Waals surface area contributed by atoms with Crippen molar-refractivity contribution in [2.75, 3.05) is 13.2 Å². The van der Waals surface area contributed by atoms with Crippen LogP contribution in [0.5, 0.6) is 0 Å². The number of carbonyl (C=O) groups is 2. The number of carbonyl (C=O) groups excluding carboxylic acids is 1. The van der Waals surface area contributed by atoms with Crippen LogP contribution in [0.3, 0.4) is 0 Å². The first-order valence-corrected chi connectivity index (χ1v) is 7.35. The van der Waals surface area contributed by atoms with Gasteiger partial charge in [-0.2, -0.15) is 0 Å². The third-order valence-corrected chi connectivity index (χ3v) is 3.61.